The maximum absolute atomic E-state index is 4.46. The van der Waals surface area contributed by atoms with Crippen LogP contribution in [0.2, 0.25) is 0 Å². The predicted molar refractivity (Wildman–Crippen MR) is 99.1 cm³/mol. The summed E-state index contributed by atoms with van der Waals surface area (Å²) in [5.41, 5.74) is 1.77. The molecule has 0 unspecified atom stereocenters. The highest BCUT2D eigenvalue weighted by atomic mass is 32.2. The Morgan fingerprint density at radius 2 is 2.00 bits per heavy atom. The number of imidazole rings is 1. The van der Waals surface area contributed by atoms with Crippen molar-refractivity contribution < 1.29 is 0 Å². The predicted octanol–water partition coefficient (Wildman–Crippen LogP) is 2.75. The van der Waals surface area contributed by atoms with Crippen LogP contribution >= 0.6 is 11.8 Å². The standard InChI is InChI=1S/C17H17N7S/c1-23-9-7-19-17(23)25-10-8-18-15-14-11-22-24(16(14)21-12-20-15)13-5-3-2-4-6-13/h2-7,9,11-12H,8,10H2,1H3,(H,18,20,21). The van der Waals surface area contributed by atoms with Crippen molar-refractivity contribution in [3.63, 3.8) is 0 Å². The highest BCUT2D eigenvalue weighted by Crippen LogP contribution is 2.22. The van der Waals surface area contributed by atoms with Gasteiger partial charge in [0, 0.05) is 31.7 Å². The van der Waals surface area contributed by atoms with Crippen molar-refractivity contribution in [2.45, 2.75) is 5.16 Å². The fourth-order valence-electron chi connectivity index (χ4n) is 2.55. The average Bonchev–Trinajstić information content (AvgIpc) is 3.26. The Kier molecular flexibility index (Phi) is 4.34. The molecule has 3 aromatic heterocycles. The number of thioether (sulfide) groups is 1. The van der Waals surface area contributed by atoms with Crippen LogP contribution in [0.5, 0.6) is 0 Å². The SMILES string of the molecule is Cn1ccnc1SCCNc1ncnc2c1cnn2-c1ccccc1. The van der Waals surface area contributed by atoms with Crippen molar-refractivity contribution >= 4 is 28.6 Å². The first-order valence-electron chi connectivity index (χ1n) is 7.91. The molecule has 0 aliphatic carbocycles. The second kappa shape index (κ2) is 6.94. The number of hydrogen-bond acceptors (Lipinski definition) is 6. The van der Waals surface area contributed by atoms with Crippen LogP contribution in [0.15, 0.2) is 60.4 Å². The lowest BCUT2D eigenvalue weighted by atomic mass is 10.3. The van der Waals surface area contributed by atoms with Gasteiger partial charge in [-0.05, 0) is 12.1 Å². The van der Waals surface area contributed by atoms with Crippen LogP contribution < -0.4 is 5.32 Å². The van der Waals surface area contributed by atoms with Crippen LogP contribution in [-0.4, -0.2) is 41.6 Å². The largest absolute Gasteiger partial charge is 0.369 e. The van der Waals surface area contributed by atoms with E-state index in [1.54, 1.807) is 24.3 Å². The van der Waals surface area contributed by atoms with E-state index >= 15 is 0 Å². The first kappa shape index (κ1) is 15.6. The van der Waals surface area contributed by atoms with Gasteiger partial charge in [0.1, 0.15) is 12.1 Å². The fraction of sp³-hybridized carbons (Fsp3) is 0.176. The molecule has 4 aromatic rings. The maximum atomic E-state index is 4.46. The Labute approximate surface area is 149 Å². The molecule has 126 valence electrons. The molecule has 1 N–H and O–H groups in total. The van der Waals surface area contributed by atoms with Crippen molar-refractivity contribution in [3.8, 4) is 5.69 Å². The quantitative estimate of drug-likeness (QED) is 0.425. The minimum Gasteiger partial charge on any atom is -0.369 e. The smallest absolute Gasteiger partial charge is 0.168 e. The summed E-state index contributed by atoms with van der Waals surface area (Å²) in [7, 11) is 1.99. The van der Waals surface area contributed by atoms with E-state index in [9.17, 15) is 0 Å². The highest BCUT2D eigenvalue weighted by Gasteiger charge is 2.10. The number of anilines is 1. The van der Waals surface area contributed by atoms with Gasteiger partial charge in [0.15, 0.2) is 10.8 Å². The average molecular weight is 351 g/mol. The summed E-state index contributed by atoms with van der Waals surface area (Å²) in [5.74, 6) is 1.69. The number of nitrogens with one attached hydrogen (secondary N) is 1. The molecule has 0 spiro atoms. The minimum atomic E-state index is 0.778. The zero-order valence-electron chi connectivity index (χ0n) is 13.7. The lowest BCUT2D eigenvalue weighted by Crippen LogP contribution is -2.07. The summed E-state index contributed by atoms with van der Waals surface area (Å²) in [5, 5.41) is 9.75. The zero-order chi connectivity index (χ0) is 17.1. The van der Waals surface area contributed by atoms with Gasteiger partial charge >= 0.3 is 0 Å². The molecule has 0 aliphatic heterocycles. The molecule has 8 heteroatoms. The van der Waals surface area contributed by atoms with E-state index < -0.39 is 0 Å². The molecule has 0 fully saturated rings. The summed E-state index contributed by atoms with van der Waals surface area (Å²) >= 11 is 1.71. The monoisotopic (exact) mass is 351 g/mol. The molecular weight excluding hydrogens is 334 g/mol. The van der Waals surface area contributed by atoms with Crippen LogP contribution in [0.25, 0.3) is 16.7 Å². The Hall–Kier alpha value is -2.87. The van der Waals surface area contributed by atoms with Crippen LogP contribution in [0.1, 0.15) is 0 Å². The third kappa shape index (κ3) is 3.20. The molecule has 0 amide bonds. The lowest BCUT2D eigenvalue weighted by molar-refractivity contribution is 0.790. The molecule has 0 saturated heterocycles. The van der Waals surface area contributed by atoms with E-state index in [0.29, 0.717) is 0 Å². The summed E-state index contributed by atoms with van der Waals surface area (Å²) < 4.78 is 3.84. The molecule has 4 rings (SSSR count). The normalized spacial score (nSPS) is 11.1. The van der Waals surface area contributed by atoms with Gasteiger partial charge in [-0.2, -0.15) is 5.10 Å². The summed E-state index contributed by atoms with van der Waals surface area (Å²) in [6.07, 6.45) is 7.12. The summed E-state index contributed by atoms with van der Waals surface area (Å²) in [6, 6.07) is 9.96. The first-order chi connectivity index (χ1) is 12.3. The second-order valence-corrected chi connectivity index (χ2v) is 6.51. The number of aromatic nitrogens is 6. The van der Waals surface area contributed by atoms with Crippen LogP contribution in [0, 0.1) is 0 Å². The molecule has 0 saturated carbocycles. The number of hydrogen-bond donors (Lipinski definition) is 1. The zero-order valence-corrected chi connectivity index (χ0v) is 14.5. The second-order valence-electron chi connectivity index (χ2n) is 5.45. The molecule has 7 nitrogen and oxygen atoms in total. The van der Waals surface area contributed by atoms with Crippen molar-refractivity contribution in [3.05, 3.63) is 55.2 Å². The van der Waals surface area contributed by atoms with Crippen LogP contribution in [-0.2, 0) is 7.05 Å². The summed E-state index contributed by atoms with van der Waals surface area (Å²) in [4.78, 5) is 13.1. The Morgan fingerprint density at radius 3 is 2.80 bits per heavy atom. The third-order valence-corrected chi connectivity index (χ3v) is 4.83. The van der Waals surface area contributed by atoms with Crippen molar-refractivity contribution in [1.29, 1.82) is 0 Å². The van der Waals surface area contributed by atoms with Crippen molar-refractivity contribution in [2.24, 2.45) is 7.05 Å². The van der Waals surface area contributed by atoms with Crippen LogP contribution in [0.4, 0.5) is 5.82 Å². The number of nitrogens with zero attached hydrogens (tertiary/aromatic N) is 6. The van der Waals surface area contributed by atoms with Crippen molar-refractivity contribution in [1.82, 2.24) is 29.3 Å². The van der Waals surface area contributed by atoms with E-state index in [4.69, 9.17) is 0 Å². The molecule has 3 heterocycles. The third-order valence-electron chi connectivity index (χ3n) is 3.77. The maximum Gasteiger partial charge on any atom is 0.168 e. The number of aryl methyl sites for hydroxylation is 1. The Bertz CT molecular complexity index is 977. The number of para-hydroxylation sites is 1. The minimum absolute atomic E-state index is 0.778. The van der Waals surface area contributed by atoms with Gasteiger partial charge in [-0.1, -0.05) is 30.0 Å². The van der Waals surface area contributed by atoms with Crippen LogP contribution in [0.3, 0.4) is 0 Å². The van der Waals surface area contributed by atoms with E-state index in [1.807, 2.05) is 59.0 Å². The Balaban J connectivity index is 1.49. The molecule has 0 atom stereocenters. The summed E-state index contributed by atoms with van der Waals surface area (Å²) in [6.45, 7) is 0.778. The number of fused-ring (bicyclic) bond motifs is 1. The first-order valence-corrected chi connectivity index (χ1v) is 8.89. The lowest BCUT2D eigenvalue weighted by Gasteiger charge is -2.07. The topological polar surface area (TPSA) is 73.5 Å². The van der Waals surface area contributed by atoms with E-state index in [1.165, 1.54) is 0 Å². The van der Waals surface area contributed by atoms with E-state index in [2.05, 4.69) is 25.4 Å². The van der Waals surface area contributed by atoms with Crippen molar-refractivity contribution in [2.75, 3.05) is 17.6 Å². The number of benzene rings is 1. The molecule has 0 radical (unpaired) electrons. The Morgan fingerprint density at radius 1 is 1.12 bits per heavy atom. The molecule has 0 aliphatic rings. The van der Waals surface area contributed by atoms with E-state index in [-0.39, 0.29) is 0 Å². The van der Waals surface area contributed by atoms with Gasteiger partial charge in [0.05, 0.1) is 17.3 Å². The van der Waals surface area contributed by atoms with E-state index in [0.717, 1.165) is 40.0 Å². The molecule has 25 heavy (non-hydrogen) atoms. The van der Waals surface area contributed by atoms with Gasteiger partial charge in [-0.3, -0.25) is 0 Å². The van der Waals surface area contributed by atoms with Gasteiger partial charge in [0.25, 0.3) is 0 Å². The van der Waals surface area contributed by atoms with Gasteiger partial charge in [-0.15, -0.1) is 0 Å². The molecular formula is C17H17N7S. The van der Waals surface area contributed by atoms with Gasteiger partial charge < -0.3 is 9.88 Å². The highest BCUT2D eigenvalue weighted by molar-refractivity contribution is 7.99. The fourth-order valence-corrected chi connectivity index (χ4v) is 3.33. The van der Waals surface area contributed by atoms with Gasteiger partial charge in [-0.25, -0.2) is 19.6 Å². The molecule has 1 aromatic carbocycles. The number of rotatable bonds is 6. The molecule has 0 bridgehead atoms. The van der Waals surface area contributed by atoms with Gasteiger partial charge in [0.2, 0.25) is 0 Å².